The molecule has 120 valence electrons. The van der Waals surface area contributed by atoms with E-state index in [1.54, 1.807) is 6.07 Å². The summed E-state index contributed by atoms with van der Waals surface area (Å²) in [6, 6.07) is 2.06. The smallest absolute Gasteiger partial charge is 0.141 e. The van der Waals surface area contributed by atoms with Crippen LogP contribution in [-0.2, 0) is 6.54 Å². The third-order valence-electron chi connectivity index (χ3n) is 3.69. The van der Waals surface area contributed by atoms with E-state index in [4.69, 9.17) is 0 Å². The molecule has 21 heavy (non-hydrogen) atoms. The van der Waals surface area contributed by atoms with Crippen LogP contribution in [-0.4, -0.2) is 24.1 Å². The Balaban J connectivity index is 3.15. The fourth-order valence-electron chi connectivity index (χ4n) is 2.65. The van der Waals surface area contributed by atoms with Crippen LogP contribution >= 0.6 is 0 Å². The molecule has 0 radical (unpaired) electrons. The number of nitrogens with one attached hydrogen (secondary N) is 1. The summed E-state index contributed by atoms with van der Waals surface area (Å²) < 4.78 is 13.6. The van der Waals surface area contributed by atoms with Gasteiger partial charge in [0.15, 0.2) is 0 Å². The first-order valence-electron chi connectivity index (χ1n) is 8.15. The Hall–Kier alpha value is -1.16. The Morgan fingerprint density at radius 3 is 2.43 bits per heavy atom. The zero-order chi connectivity index (χ0) is 15.8. The molecule has 1 aromatic rings. The molecular weight excluding hydrogens is 265 g/mol. The summed E-state index contributed by atoms with van der Waals surface area (Å²) in [5, 5.41) is 3.28. The molecule has 1 aromatic heterocycles. The van der Waals surface area contributed by atoms with E-state index in [0.717, 1.165) is 37.3 Å². The first-order valence-corrected chi connectivity index (χ1v) is 8.15. The summed E-state index contributed by atoms with van der Waals surface area (Å²) in [6.07, 6.45) is 3.48. The van der Waals surface area contributed by atoms with Gasteiger partial charge < -0.3 is 10.2 Å². The van der Waals surface area contributed by atoms with E-state index in [1.807, 2.05) is 0 Å². The van der Waals surface area contributed by atoms with Gasteiger partial charge in [0.05, 0.1) is 6.20 Å². The van der Waals surface area contributed by atoms with Crippen molar-refractivity contribution in [1.29, 1.82) is 0 Å². The SMILES string of the molecule is CCNCc1cc(F)cnc1N(CC(C)C)C(CC)CC. The summed E-state index contributed by atoms with van der Waals surface area (Å²) >= 11 is 0. The van der Waals surface area contributed by atoms with Crippen LogP contribution in [0.15, 0.2) is 12.3 Å². The summed E-state index contributed by atoms with van der Waals surface area (Å²) in [6.45, 7) is 13.4. The first kappa shape index (κ1) is 17.9. The Morgan fingerprint density at radius 2 is 1.90 bits per heavy atom. The van der Waals surface area contributed by atoms with Crippen LogP contribution in [0.3, 0.4) is 0 Å². The third kappa shape index (κ3) is 5.27. The molecule has 0 spiro atoms. The van der Waals surface area contributed by atoms with Crippen molar-refractivity contribution in [3.63, 3.8) is 0 Å². The van der Waals surface area contributed by atoms with Crippen LogP contribution in [0.2, 0.25) is 0 Å². The van der Waals surface area contributed by atoms with E-state index in [0.29, 0.717) is 18.5 Å². The topological polar surface area (TPSA) is 28.2 Å². The van der Waals surface area contributed by atoms with Gasteiger partial charge in [0, 0.05) is 24.7 Å². The number of anilines is 1. The highest BCUT2D eigenvalue weighted by Gasteiger charge is 2.21. The Kier molecular flexibility index (Phi) is 7.65. The Bertz CT molecular complexity index is 416. The lowest BCUT2D eigenvalue weighted by Crippen LogP contribution is -2.39. The molecular formula is C17H30FN3. The molecule has 0 fully saturated rings. The molecule has 0 saturated heterocycles. The number of nitrogens with zero attached hydrogens (tertiary/aromatic N) is 2. The second kappa shape index (κ2) is 8.98. The monoisotopic (exact) mass is 295 g/mol. The molecule has 0 bridgehead atoms. The van der Waals surface area contributed by atoms with Crippen LogP contribution in [0.1, 0.15) is 53.0 Å². The van der Waals surface area contributed by atoms with Crippen molar-refractivity contribution in [3.8, 4) is 0 Å². The third-order valence-corrected chi connectivity index (χ3v) is 3.69. The predicted octanol–water partition coefficient (Wildman–Crippen LogP) is 3.98. The molecule has 0 atom stereocenters. The normalized spacial score (nSPS) is 11.4. The summed E-state index contributed by atoms with van der Waals surface area (Å²) in [7, 11) is 0. The maximum atomic E-state index is 13.6. The highest BCUT2D eigenvalue weighted by molar-refractivity contribution is 5.48. The van der Waals surface area contributed by atoms with Gasteiger partial charge in [-0.25, -0.2) is 9.37 Å². The van der Waals surface area contributed by atoms with Crippen LogP contribution in [0.4, 0.5) is 10.2 Å². The summed E-state index contributed by atoms with van der Waals surface area (Å²) in [5.74, 6) is 1.21. The fraction of sp³-hybridized carbons (Fsp3) is 0.706. The summed E-state index contributed by atoms with van der Waals surface area (Å²) in [4.78, 5) is 6.77. The van der Waals surface area contributed by atoms with Gasteiger partial charge in [-0.2, -0.15) is 0 Å². The van der Waals surface area contributed by atoms with Crippen molar-refractivity contribution in [2.45, 2.75) is 60.0 Å². The van der Waals surface area contributed by atoms with E-state index in [2.05, 4.69) is 49.8 Å². The highest BCUT2D eigenvalue weighted by Crippen LogP contribution is 2.24. The maximum Gasteiger partial charge on any atom is 0.141 e. The van der Waals surface area contributed by atoms with Crippen LogP contribution in [0.5, 0.6) is 0 Å². The Morgan fingerprint density at radius 1 is 1.24 bits per heavy atom. The van der Waals surface area contributed by atoms with Crippen molar-refractivity contribution in [3.05, 3.63) is 23.6 Å². The molecule has 0 aromatic carbocycles. The van der Waals surface area contributed by atoms with Crippen LogP contribution in [0.25, 0.3) is 0 Å². The van der Waals surface area contributed by atoms with Crippen molar-refractivity contribution in [2.24, 2.45) is 5.92 Å². The molecule has 0 aliphatic rings. The molecule has 0 unspecified atom stereocenters. The first-order chi connectivity index (χ1) is 10.0. The zero-order valence-corrected chi connectivity index (χ0v) is 14.1. The van der Waals surface area contributed by atoms with Gasteiger partial charge in [-0.15, -0.1) is 0 Å². The van der Waals surface area contributed by atoms with Gasteiger partial charge in [0.2, 0.25) is 0 Å². The molecule has 0 amide bonds. The average molecular weight is 295 g/mol. The number of pyridine rings is 1. The maximum absolute atomic E-state index is 13.6. The lowest BCUT2D eigenvalue weighted by atomic mass is 10.1. The number of halogens is 1. The van der Waals surface area contributed by atoms with E-state index < -0.39 is 0 Å². The molecule has 1 N–H and O–H groups in total. The largest absolute Gasteiger partial charge is 0.353 e. The minimum absolute atomic E-state index is 0.263. The van der Waals surface area contributed by atoms with Gasteiger partial charge in [0.25, 0.3) is 0 Å². The van der Waals surface area contributed by atoms with E-state index >= 15 is 0 Å². The van der Waals surface area contributed by atoms with E-state index in [9.17, 15) is 4.39 Å². The minimum atomic E-state index is -0.263. The van der Waals surface area contributed by atoms with Crippen LogP contribution in [0, 0.1) is 11.7 Å². The number of rotatable bonds is 9. The summed E-state index contributed by atoms with van der Waals surface area (Å²) in [5.41, 5.74) is 0.949. The quantitative estimate of drug-likeness (QED) is 0.747. The zero-order valence-electron chi connectivity index (χ0n) is 14.1. The minimum Gasteiger partial charge on any atom is -0.353 e. The molecule has 0 aliphatic heterocycles. The number of hydrogen-bond donors (Lipinski definition) is 1. The van der Waals surface area contributed by atoms with E-state index in [-0.39, 0.29) is 5.82 Å². The van der Waals surface area contributed by atoms with Gasteiger partial charge in [-0.1, -0.05) is 34.6 Å². The lowest BCUT2D eigenvalue weighted by molar-refractivity contribution is 0.499. The predicted molar refractivity (Wildman–Crippen MR) is 88.1 cm³/mol. The second-order valence-electron chi connectivity index (χ2n) is 5.93. The number of hydrogen-bond acceptors (Lipinski definition) is 3. The van der Waals surface area contributed by atoms with Gasteiger partial charge in [-0.05, 0) is 31.4 Å². The van der Waals surface area contributed by atoms with Crippen molar-refractivity contribution in [2.75, 3.05) is 18.0 Å². The van der Waals surface area contributed by atoms with E-state index in [1.165, 1.54) is 6.20 Å². The van der Waals surface area contributed by atoms with Crippen LogP contribution < -0.4 is 10.2 Å². The molecule has 0 saturated carbocycles. The molecule has 4 heteroatoms. The fourth-order valence-corrected chi connectivity index (χ4v) is 2.65. The van der Waals surface area contributed by atoms with Gasteiger partial charge in [-0.3, -0.25) is 0 Å². The van der Waals surface area contributed by atoms with Gasteiger partial charge >= 0.3 is 0 Å². The van der Waals surface area contributed by atoms with Crippen molar-refractivity contribution >= 4 is 5.82 Å². The lowest BCUT2D eigenvalue weighted by Gasteiger charge is -2.34. The number of aromatic nitrogens is 1. The second-order valence-corrected chi connectivity index (χ2v) is 5.93. The molecule has 0 aliphatic carbocycles. The molecule has 3 nitrogen and oxygen atoms in total. The highest BCUT2D eigenvalue weighted by atomic mass is 19.1. The Labute approximate surface area is 129 Å². The molecule has 1 heterocycles. The standard InChI is InChI=1S/C17H30FN3/c1-6-16(7-2)21(12-13(4)5)17-14(10-19-8-3)9-15(18)11-20-17/h9,11,13,16,19H,6-8,10,12H2,1-5H3. The molecule has 1 rings (SSSR count). The van der Waals surface area contributed by atoms with Gasteiger partial charge in [0.1, 0.15) is 11.6 Å². The average Bonchev–Trinajstić information content (AvgIpc) is 2.45. The van der Waals surface area contributed by atoms with Crippen molar-refractivity contribution < 1.29 is 4.39 Å². The van der Waals surface area contributed by atoms with Crippen molar-refractivity contribution in [1.82, 2.24) is 10.3 Å².